The number of rotatable bonds is 5. The second-order valence-corrected chi connectivity index (χ2v) is 9.04. The van der Waals surface area contributed by atoms with Gasteiger partial charge in [0, 0.05) is 12.5 Å². The summed E-state index contributed by atoms with van der Waals surface area (Å²) >= 11 is 1.08. The lowest BCUT2D eigenvalue weighted by Crippen LogP contribution is -2.11. The predicted molar refractivity (Wildman–Crippen MR) is 105 cm³/mol. The Morgan fingerprint density at radius 2 is 1.93 bits per heavy atom. The fraction of sp³-hybridized carbons (Fsp3) is 0.105. The highest BCUT2D eigenvalue weighted by atomic mass is 32.2. The van der Waals surface area contributed by atoms with Crippen LogP contribution in [0.1, 0.15) is 15.9 Å². The van der Waals surface area contributed by atoms with Crippen LogP contribution in [0.4, 0.5) is 5.69 Å². The molecule has 0 radical (unpaired) electrons. The molecule has 2 heterocycles. The number of sulfonamides is 1. The molecule has 3 aromatic rings. The second kappa shape index (κ2) is 6.84. The van der Waals surface area contributed by atoms with Crippen LogP contribution in [0.2, 0.25) is 0 Å². The van der Waals surface area contributed by atoms with E-state index in [-0.39, 0.29) is 15.5 Å². The van der Waals surface area contributed by atoms with E-state index in [0.29, 0.717) is 6.61 Å². The lowest BCUT2D eigenvalue weighted by molar-refractivity contribution is 0.0694. The van der Waals surface area contributed by atoms with Gasteiger partial charge in [-0.15, -0.1) is 11.3 Å². The van der Waals surface area contributed by atoms with Gasteiger partial charge in [0.05, 0.1) is 12.3 Å². The van der Waals surface area contributed by atoms with Crippen LogP contribution < -0.4 is 9.46 Å². The summed E-state index contributed by atoms with van der Waals surface area (Å²) in [6.45, 7) is 0.652. The minimum Gasteiger partial charge on any atom is -0.507 e. The lowest BCUT2D eigenvalue weighted by Gasteiger charge is -2.08. The number of hydrogen-bond donors (Lipinski definition) is 3. The summed E-state index contributed by atoms with van der Waals surface area (Å²) in [4.78, 5) is 10.9. The van der Waals surface area contributed by atoms with Gasteiger partial charge in [0.25, 0.3) is 10.0 Å². The first-order chi connectivity index (χ1) is 13.3. The molecule has 1 aliphatic heterocycles. The molecule has 0 spiro atoms. The summed E-state index contributed by atoms with van der Waals surface area (Å²) in [5, 5.41) is 20.4. The molecule has 0 saturated carbocycles. The molecule has 0 amide bonds. The van der Waals surface area contributed by atoms with Crippen molar-refractivity contribution >= 4 is 33.0 Å². The van der Waals surface area contributed by atoms with Gasteiger partial charge in [0.2, 0.25) is 0 Å². The van der Waals surface area contributed by atoms with E-state index in [1.165, 1.54) is 6.07 Å². The van der Waals surface area contributed by atoms with Crippen LogP contribution in [-0.4, -0.2) is 31.2 Å². The van der Waals surface area contributed by atoms with Gasteiger partial charge >= 0.3 is 5.97 Å². The molecule has 3 N–H and O–H groups in total. The van der Waals surface area contributed by atoms with E-state index in [4.69, 9.17) is 9.84 Å². The average Bonchev–Trinajstić information content (AvgIpc) is 3.30. The smallest absolute Gasteiger partial charge is 0.339 e. The Balaban J connectivity index is 1.59. The van der Waals surface area contributed by atoms with E-state index < -0.39 is 21.7 Å². The van der Waals surface area contributed by atoms with E-state index in [1.807, 2.05) is 18.2 Å². The summed E-state index contributed by atoms with van der Waals surface area (Å²) in [5.74, 6) is -0.951. The molecule has 2 aromatic carbocycles. The van der Waals surface area contributed by atoms with Crippen molar-refractivity contribution in [2.24, 2.45) is 0 Å². The first-order valence-electron chi connectivity index (χ1n) is 8.27. The molecule has 0 atom stereocenters. The molecule has 4 rings (SSSR count). The molecule has 7 nitrogen and oxygen atoms in total. The molecule has 0 fully saturated rings. The van der Waals surface area contributed by atoms with Gasteiger partial charge in [-0.3, -0.25) is 4.72 Å². The fourth-order valence-electron chi connectivity index (χ4n) is 2.96. The Kier molecular flexibility index (Phi) is 4.48. The number of fused-ring (bicyclic) bond motifs is 1. The Bertz CT molecular complexity index is 1180. The lowest BCUT2D eigenvalue weighted by atomic mass is 10.0. The molecule has 1 aromatic heterocycles. The van der Waals surface area contributed by atoms with E-state index in [2.05, 4.69) is 4.72 Å². The van der Waals surface area contributed by atoms with Crippen molar-refractivity contribution in [2.75, 3.05) is 11.3 Å². The Morgan fingerprint density at radius 1 is 1.11 bits per heavy atom. The summed E-state index contributed by atoms with van der Waals surface area (Å²) in [7, 11) is -3.88. The van der Waals surface area contributed by atoms with Gasteiger partial charge in [-0.1, -0.05) is 6.07 Å². The van der Waals surface area contributed by atoms with Crippen molar-refractivity contribution in [1.29, 1.82) is 0 Å². The maximum Gasteiger partial charge on any atom is 0.339 e. The topological polar surface area (TPSA) is 113 Å². The van der Waals surface area contributed by atoms with Crippen LogP contribution in [0.5, 0.6) is 11.5 Å². The number of aromatic carboxylic acids is 1. The maximum atomic E-state index is 12.6. The normalized spacial score (nSPS) is 13.0. The zero-order valence-corrected chi connectivity index (χ0v) is 16.0. The van der Waals surface area contributed by atoms with Crippen molar-refractivity contribution in [3.63, 3.8) is 0 Å². The molecule has 0 bridgehead atoms. The van der Waals surface area contributed by atoms with Crippen molar-refractivity contribution in [2.45, 2.75) is 10.6 Å². The molecule has 28 heavy (non-hydrogen) atoms. The van der Waals surface area contributed by atoms with Gasteiger partial charge < -0.3 is 14.9 Å². The zero-order chi connectivity index (χ0) is 19.9. The number of phenols is 1. The number of nitrogens with one attached hydrogen (secondary N) is 1. The van der Waals surface area contributed by atoms with Crippen LogP contribution in [0.3, 0.4) is 0 Å². The van der Waals surface area contributed by atoms with Crippen LogP contribution >= 0.6 is 11.3 Å². The highest BCUT2D eigenvalue weighted by molar-refractivity contribution is 7.94. The quantitative estimate of drug-likeness (QED) is 0.585. The standard InChI is InChI=1S/C19H15NO6S2/c21-16-9-14(2-3-15(16)19(22)23)20-28(24,25)18-8-13(10-27-18)11-1-4-17-12(7-11)5-6-26-17/h1-4,7-10,20-21H,5-6H2,(H,22,23). The van der Waals surface area contributed by atoms with Crippen molar-refractivity contribution in [1.82, 2.24) is 0 Å². The van der Waals surface area contributed by atoms with Crippen LogP contribution in [0, 0.1) is 0 Å². The van der Waals surface area contributed by atoms with Gasteiger partial charge in [-0.2, -0.15) is 0 Å². The van der Waals surface area contributed by atoms with E-state index in [1.54, 1.807) is 11.4 Å². The number of benzene rings is 2. The van der Waals surface area contributed by atoms with Gasteiger partial charge in [0.15, 0.2) is 0 Å². The summed E-state index contributed by atoms with van der Waals surface area (Å²) < 4.78 is 33.2. The van der Waals surface area contributed by atoms with Crippen LogP contribution in [-0.2, 0) is 16.4 Å². The van der Waals surface area contributed by atoms with Gasteiger partial charge in [-0.05, 0) is 52.4 Å². The summed E-state index contributed by atoms with van der Waals surface area (Å²) in [6, 6.07) is 10.8. The van der Waals surface area contributed by atoms with Crippen molar-refractivity contribution < 1.29 is 28.2 Å². The Labute approximate surface area is 164 Å². The largest absolute Gasteiger partial charge is 0.507 e. The Morgan fingerprint density at radius 3 is 2.68 bits per heavy atom. The molecule has 0 saturated heterocycles. The van der Waals surface area contributed by atoms with Crippen LogP contribution in [0.25, 0.3) is 11.1 Å². The minimum atomic E-state index is -3.88. The molecule has 0 aliphatic carbocycles. The van der Waals surface area contributed by atoms with Crippen molar-refractivity contribution in [3.8, 4) is 22.6 Å². The highest BCUT2D eigenvalue weighted by Crippen LogP contribution is 2.34. The number of ether oxygens (including phenoxy) is 1. The third kappa shape index (κ3) is 3.41. The first-order valence-corrected chi connectivity index (χ1v) is 10.6. The third-order valence-electron chi connectivity index (χ3n) is 4.34. The van der Waals surface area contributed by atoms with Gasteiger partial charge in [-0.25, -0.2) is 13.2 Å². The van der Waals surface area contributed by atoms with Gasteiger partial charge in [0.1, 0.15) is 21.3 Å². The summed E-state index contributed by atoms with van der Waals surface area (Å²) in [6.07, 6.45) is 0.829. The number of carboxylic acid groups (broad SMARTS) is 1. The van der Waals surface area contributed by atoms with E-state index in [9.17, 15) is 18.3 Å². The Hall–Kier alpha value is -3.04. The molecule has 9 heteroatoms. The highest BCUT2D eigenvalue weighted by Gasteiger charge is 2.20. The van der Waals surface area contributed by atoms with E-state index >= 15 is 0 Å². The zero-order valence-electron chi connectivity index (χ0n) is 14.4. The molecular weight excluding hydrogens is 402 g/mol. The SMILES string of the molecule is O=C(O)c1ccc(NS(=O)(=O)c2cc(-c3ccc4c(c3)CCO4)cs2)cc1O. The predicted octanol–water partition coefficient (Wildman–Crippen LogP) is 3.55. The average molecular weight is 417 g/mol. The number of anilines is 1. The van der Waals surface area contributed by atoms with Crippen molar-refractivity contribution in [3.05, 3.63) is 59.0 Å². The second-order valence-electron chi connectivity index (χ2n) is 6.22. The molecular formula is C19H15NO6S2. The number of hydrogen-bond acceptors (Lipinski definition) is 6. The molecule has 0 unspecified atom stereocenters. The number of carbonyl (C=O) groups is 1. The third-order valence-corrected chi connectivity index (χ3v) is 7.16. The fourth-order valence-corrected chi connectivity index (χ4v) is 5.19. The monoisotopic (exact) mass is 417 g/mol. The number of aromatic hydroxyl groups is 1. The molecule has 1 aliphatic rings. The first kappa shape index (κ1) is 18.3. The molecule has 144 valence electrons. The maximum absolute atomic E-state index is 12.6. The van der Waals surface area contributed by atoms with E-state index in [0.717, 1.165) is 52.3 Å². The number of thiophene rings is 1. The van der Waals surface area contributed by atoms with Crippen LogP contribution in [0.15, 0.2) is 52.1 Å². The minimum absolute atomic E-state index is 0.0760. The number of carboxylic acids is 1. The summed E-state index contributed by atoms with van der Waals surface area (Å²) in [5.41, 5.74) is 2.56.